The number of aryl methyl sites for hydroxylation is 1. The Labute approximate surface area is 81.9 Å². The Morgan fingerprint density at radius 1 is 1.57 bits per heavy atom. The third kappa shape index (κ3) is 3.53. The zero-order chi connectivity index (χ0) is 10.4. The van der Waals surface area contributed by atoms with E-state index in [1.54, 1.807) is 6.92 Å². The molecule has 1 aromatic rings. The van der Waals surface area contributed by atoms with Crippen LogP contribution in [0.2, 0.25) is 0 Å². The molecule has 0 aromatic carbocycles. The van der Waals surface area contributed by atoms with Gasteiger partial charge in [0.15, 0.2) is 5.82 Å². The van der Waals surface area contributed by atoms with Crippen molar-refractivity contribution in [2.45, 2.75) is 26.2 Å². The Morgan fingerprint density at radius 3 is 2.93 bits per heavy atom. The highest BCUT2D eigenvalue weighted by Crippen LogP contribution is 2.03. The molecule has 0 bridgehead atoms. The third-order valence-electron chi connectivity index (χ3n) is 1.63. The zero-order valence-corrected chi connectivity index (χ0v) is 8.12. The second-order valence-corrected chi connectivity index (χ2v) is 2.94. The molecule has 78 valence electrons. The number of carbonyl (C=O) groups is 1. The second kappa shape index (κ2) is 5.33. The van der Waals surface area contributed by atoms with Gasteiger partial charge in [0.1, 0.15) is 0 Å². The average molecular weight is 198 g/mol. The van der Waals surface area contributed by atoms with Gasteiger partial charge in [-0.2, -0.15) is 4.98 Å². The molecule has 0 aliphatic heterocycles. The lowest BCUT2D eigenvalue weighted by Crippen LogP contribution is -2.12. The van der Waals surface area contributed by atoms with Crippen LogP contribution in [0, 0.1) is 6.92 Å². The van der Waals surface area contributed by atoms with E-state index in [0.717, 1.165) is 12.8 Å². The number of hydrogen-bond donors (Lipinski definition) is 2. The first kappa shape index (κ1) is 10.6. The number of nitrogens with two attached hydrogens (primary N) is 1. The SMILES string of the molecule is Cc1noc(NC(=O)CCCCN)n1. The van der Waals surface area contributed by atoms with Crippen molar-refractivity contribution in [2.75, 3.05) is 11.9 Å². The number of nitrogens with zero attached hydrogens (tertiary/aromatic N) is 2. The van der Waals surface area contributed by atoms with Gasteiger partial charge in [0.05, 0.1) is 0 Å². The number of nitrogens with one attached hydrogen (secondary N) is 1. The number of aromatic nitrogens is 2. The summed E-state index contributed by atoms with van der Waals surface area (Å²) in [5, 5.41) is 6.05. The number of anilines is 1. The Morgan fingerprint density at radius 2 is 2.36 bits per heavy atom. The zero-order valence-electron chi connectivity index (χ0n) is 8.12. The van der Waals surface area contributed by atoms with E-state index in [1.165, 1.54) is 0 Å². The molecule has 1 amide bonds. The van der Waals surface area contributed by atoms with E-state index in [1.807, 2.05) is 0 Å². The summed E-state index contributed by atoms with van der Waals surface area (Å²) in [4.78, 5) is 15.1. The van der Waals surface area contributed by atoms with E-state index < -0.39 is 0 Å². The summed E-state index contributed by atoms with van der Waals surface area (Å²) in [6.45, 7) is 2.29. The molecule has 1 heterocycles. The van der Waals surface area contributed by atoms with Gasteiger partial charge in [0.25, 0.3) is 0 Å². The molecule has 0 atom stereocenters. The van der Waals surface area contributed by atoms with Crippen molar-refractivity contribution in [2.24, 2.45) is 5.73 Å². The van der Waals surface area contributed by atoms with Crippen LogP contribution >= 0.6 is 0 Å². The highest BCUT2D eigenvalue weighted by atomic mass is 16.5. The number of hydrogen-bond acceptors (Lipinski definition) is 5. The normalized spacial score (nSPS) is 10.1. The third-order valence-corrected chi connectivity index (χ3v) is 1.63. The van der Waals surface area contributed by atoms with Gasteiger partial charge in [-0.15, -0.1) is 0 Å². The topological polar surface area (TPSA) is 94.0 Å². The summed E-state index contributed by atoms with van der Waals surface area (Å²) in [5.74, 6) is 0.379. The van der Waals surface area contributed by atoms with Gasteiger partial charge in [0.2, 0.25) is 5.91 Å². The van der Waals surface area contributed by atoms with Gasteiger partial charge in [0, 0.05) is 6.42 Å². The molecule has 6 nitrogen and oxygen atoms in total. The van der Waals surface area contributed by atoms with Crippen molar-refractivity contribution in [3.8, 4) is 0 Å². The minimum absolute atomic E-state index is 0.123. The fraction of sp³-hybridized carbons (Fsp3) is 0.625. The molecule has 14 heavy (non-hydrogen) atoms. The van der Waals surface area contributed by atoms with Crippen LogP contribution in [0.5, 0.6) is 0 Å². The standard InChI is InChI=1S/C8H14N4O2/c1-6-10-8(14-12-6)11-7(13)4-2-3-5-9/h2-5,9H2,1H3,(H,10,11,12,13). The Hall–Kier alpha value is -1.43. The summed E-state index contributed by atoms with van der Waals surface area (Å²) in [6.07, 6.45) is 2.05. The van der Waals surface area contributed by atoms with Crippen LogP contribution in [0.3, 0.4) is 0 Å². The molecule has 0 aliphatic rings. The molecule has 0 unspecified atom stereocenters. The van der Waals surface area contributed by atoms with E-state index >= 15 is 0 Å². The molecular weight excluding hydrogens is 184 g/mol. The fourth-order valence-electron chi connectivity index (χ4n) is 0.960. The van der Waals surface area contributed by atoms with E-state index in [0.29, 0.717) is 18.8 Å². The number of unbranched alkanes of at least 4 members (excludes halogenated alkanes) is 1. The predicted octanol–water partition coefficient (Wildman–Crippen LogP) is 0.446. The molecule has 0 saturated heterocycles. The summed E-state index contributed by atoms with van der Waals surface area (Å²) in [6, 6.07) is 0.153. The number of amides is 1. The number of rotatable bonds is 5. The second-order valence-electron chi connectivity index (χ2n) is 2.94. The largest absolute Gasteiger partial charge is 0.330 e. The average Bonchev–Trinajstić information content (AvgIpc) is 2.52. The smallest absolute Gasteiger partial charge is 0.328 e. The van der Waals surface area contributed by atoms with Crippen molar-refractivity contribution < 1.29 is 9.32 Å². The van der Waals surface area contributed by atoms with Gasteiger partial charge < -0.3 is 10.3 Å². The van der Waals surface area contributed by atoms with Crippen LogP contribution in [-0.2, 0) is 4.79 Å². The summed E-state index contributed by atoms with van der Waals surface area (Å²) >= 11 is 0. The predicted molar refractivity (Wildman–Crippen MR) is 50.6 cm³/mol. The molecule has 0 spiro atoms. The van der Waals surface area contributed by atoms with Crippen LogP contribution in [0.1, 0.15) is 25.1 Å². The van der Waals surface area contributed by atoms with Crippen LogP contribution in [0.15, 0.2) is 4.52 Å². The quantitative estimate of drug-likeness (QED) is 0.670. The van der Waals surface area contributed by atoms with Gasteiger partial charge >= 0.3 is 6.01 Å². The van der Waals surface area contributed by atoms with E-state index in [9.17, 15) is 4.79 Å². The Kier molecular flexibility index (Phi) is 4.06. The molecule has 0 aliphatic carbocycles. The lowest BCUT2D eigenvalue weighted by molar-refractivity contribution is -0.116. The lowest BCUT2D eigenvalue weighted by atomic mass is 10.2. The van der Waals surface area contributed by atoms with Crippen molar-refractivity contribution in [1.29, 1.82) is 0 Å². The minimum Gasteiger partial charge on any atom is -0.330 e. The first-order valence-corrected chi connectivity index (χ1v) is 4.52. The van der Waals surface area contributed by atoms with Crippen molar-refractivity contribution in [3.63, 3.8) is 0 Å². The van der Waals surface area contributed by atoms with Crippen LogP contribution in [0.25, 0.3) is 0 Å². The van der Waals surface area contributed by atoms with E-state index in [2.05, 4.69) is 15.5 Å². The molecule has 1 rings (SSSR count). The molecule has 6 heteroatoms. The molecule has 0 saturated carbocycles. The highest BCUT2D eigenvalue weighted by Gasteiger charge is 2.06. The first-order valence-electron chi connectivity index (χ1n) is 4.52. The molecule has 0 fully saturated rings. The maximum Gasteiger partial charge on any atom is 0.328 e. The van der Waals surface area contributed by atoms with Gasteiger partial charge in [-0.05, 0) is 26.3 Å². The molecule has 1 aromatic heterocycles. The monoisotopic (exact) mass is 198 g/mol. The molecular formula is C8H14N4O2. The Balaban J connectivity index is 2.27. The summed E-state index contributed by atoms with van der Waals surface area (Å²) in [5.41, 5.74) is 5.30. The van der Waals surface area contributed by atoms with Crippen molar-refractivity contribution in [3.05, 3.63) is 5.82 Å². The Bertz CT molecular complexity index is 297. The van der Waals surface area contributed by atoms with Crippen LogP contribution in [-0.4, -0.2) is 22.6 Å². The van der Waals surface area contributed by atoms with E-state index in [-0.39, 0.29) is 11.9 Å². The van der Waals surface area contributed by atoms with Crippen molar-refractivity contribution >= 4 is 11.9 Å². The lowest BCUT2D eigenvalue weighted by Gasteiger charge is -1.98. The van der Waals surface area contributed by atoms with Gasteiger partial charge in [-0.25, -0.2) is 0 Å². The van der Waals surface area contributed by atoms with Crippen LogP contribution in [0.4, 0.5) is 6.01 Å². The molecule has 0 radical (unpaired) electrons. The first-order chi connectivity index (χ1) is 6.72. The van der Waals surface area contributed by atoms with Crippen LogP contribution < -0.4 is 11.1 Å². The maximum atomic E-state index is 11.2. The maximum absolute atomic E-state index is 11.2. The number of carbonyl (C=O) groups excluding carboxylic acids is 1. The van der Waals surface area contributed by atoms with Gasteiger partial charge in [-0.1, -0.05) is 5.16 Å². The van der Waals surface area contributed by atoms with Crippen molar-refractivity contribution in [1.82, 2.24) is 10.1 Å². The fourth-order valence-corrected chi connectivity index (χ4v) is 0.960. The highest BCUT2D eigenvalue weighted by molar-refractivity contribution is 5.88. The summed E-state index contributed by atoms with van der Waals surface area (Å²) < 4.78 is 4.72. The van der Waals surface area contributed by atoms with Gasteiger partial charge in [-0.3, -0.25) is 10.1 Å². The van der Waals surface area contributed by atoms with E-state index in [4.69, 9.17) is 10.3 Å². The molecule has 3 N–H and O–H groups in total. The minimum atomic E-state index is -0.123. The summed E-state index contributed by atoms with van der Waals surface area (Å²) in [7, 11) is 0.